The van der Waals surface area contributed by atoms with E-state index in [0.29, 0.717) is 6.54 Å². The van der Waals surface area contributed by atoms with Gasteiger partial charge in [-0.15, -0.1) is 0 Å². The van der Waals surface area contributed by atoms with Gasteiger partial charge in [-0.05, 0) is 48.9 Å². The van der Waals surface area contributed by atoms with Crippen LogP contribution in [0.1, 0.15) is 33.2 Å². The van der Waals surface area contributed by atoms with Gasteiger partial charge in [-0.25, -0.2) is 0 Å². The van der Waals surface area contributed by atoms with E-state index in [1.54, 1.807) is 17.1 Å². The lowest BCUT2D eigenvalue weighted by molar-refractivity contribution is -0.124. The van der Waals surface area contributed by atoms with Gasteiger partial charge >= 0.3 is 0 Å². The summed E-state index contributed by atoms with van der Waals surface area (Å²) in [6.45, 7) is 10.0. The first-order valence-corrected chi connectivity index (χ1v) is 7.57. The predicted molar refractivity (Wildman–Crippen MR) is 80.1 cm³/mol. The zero-order chi connectivity index (χ0) is 14.3. The molecule has 5 nitrogen and oxygen atoms in total. The highest BCUT2D eigenvalue weighted by atomic mass is 79.9. The molecule has 1 N–H and O–H groups in total. The molecule has 0 aliphatic heterocycles. The highest BCUT2D eigenvalue weighted by Crippen LogP contribution is 2.11. The number of aromatic nitrogens is 2. The average molecular weight is 331 g/mol. The van der Waals surface area contributed by atoms with Gasteiger partial charge in [-0.1, -0.05) is 13.8 Å². The molecule has 108 valence electrons. The summed E-state index contributed by atoms with van der Waals surface area (Å²) in [5.74, 6) is 0.00940. The second kappa shape index (κ2) is 8.32. The van der Waals surface area contributed by atoms with Gasteiger partial charge in [0.2, 0.25) is 5.91 Å². The van der Waals surface area contributed by atoms with Gasteiger partial charge in [0, 0.05) is 12.7 Å². The Balaban J connectivity index is 2.27. The molecule has 0 fully saturated rings. The largest absolute Gasteiger partial charge is 0.354 e. The van der Waals surface area contributed by atoms with Gasteiger partial charge < -0.3 is 10.2 Å². The van der Waals surface area contributed by atoms with Crippen molar-refractivity contribution in [2.24, 2.45) is 0 Å². The van der Waals surface area contributed by atoms with Crippen LogP contribution in [0, 0.1) is 0 Å². The van der Waals surface area contributed by atoms with E-state index in [1.165, 1.54) is 0 Å². The quantitative estimate of drug-likeness (QED) is 0.742. The van der Waals surface area contributed by atoms with Gasteiger partial charge in [0.15, 0.2) is 0 Å². The zero-order valence-corrected chi connectivity index (χ0v) is 13.5. The molecule has 1 aromatic heterocycles. The molecular formula is C13H23BrN4O. The Hall–Kier alpha value is -0.880. The molecule has 0 radical (unpaired) electrons. The summed E-state index contributed by atoms with van der Waals surface area (Å²) in [4.78, 5) is 14.3. The summed E-state index contributed by atoms with van der Waals surface area (Å²) in [5, 5.41) is 7.07. The predicted octanol–water partition coefficient (Wildman–Crippen LogP) is 2.05. The van der Waals surface area contributed by atoms with E-state index in [4.69, 9.17) is 0 Å². The summed E-state index contributed by atoms with van der Waals surface area (Å²) < 4.78 is 2.54. The number of carbonyl (C=O) groups excluding carboxylic acids is 1. The molecule has 1 aromatic rings. The Morgan fingerprint density at radius 1 is 1.53 bits per heavy atom. The molecule has 0 aromatic carbocycles. The van der Waals surface area contributed by atoms with E-state index in [9.17, 15) is 4.79 Å². The lowest BCUT2D eigenvalue weighted by Crippen LogP contribution is -2.34. The first-order chi connectivity index (χ1) is 9.08. The van der Waals surface area contributed by atoms with E-state index in [1.807, 2.05) is 6.92 Å². The fourth-order valence-electron chi connectivity index (χ4n) is 1.85. The standard InChI is InChI=1S/C13H23BrN4O/c1-4-17(5-2)8-6-7-15-13(19)11(3)18-10-12(14)9-16-18/h9-11H,4-8H2,1-3H3,(H,15,19)/t11-/m1/s1. The van der Waals surface area contributed by atoms with Crippen LogP contribution in [-0.2, 0) is 4.79 Å². The van der Waals surface area contributed by atoms with Crippen molar-refractivity contribution >= 4 is 21.8 Å². The van der Waals surface area contributed by atoms with Crippen LogP contribution in [0.5, 0.6) is 0 Å². The molecule has 0 unspecified atom stereocenters. The van der Waals surface area contributed by atoms with Crippen molar-refractivity contribution in [2.45, 2.75) is 33.2 Å². The summed E-state index contributed by atoms with van der Waals surface area (Å²) in [5.41, 5.74) is 0. The molecule has 0 bridgehead atoms. The molecule has 19 heavy (non-hydrogen) atoms. The smallest absolute Gasteiger partial charge is 0.244 e. The molecule has 1 heterocycles. The first kappa shape index (κ1) is 16.2. The third kappa shape index (κ3) is 5.32. The maximum Gasteiger partial charge on any atom is 0.244 e. The SMILES string of the molecule is CCN(CC)CCCNC(=O)[C@@H](C)n1cc(Br)cn1. The second-order valence-electron chi connectivity index (χ2n) is 4.49. The molecule has 0 saturated carbocycles. The molecule has 1 rings (SSSR count). The van der Waals surface area contributed by atoms with E-state index in [2.05, 4.69) is 45.1 Å². The van der Waals surface area contributed by atoms with Crippen LogP contribution in [0.4, 0.5) is 0 Å². The van der Waals surface area contributed by atoms with Crippen molar-refractivity contribution in [2.75, 3.05) is 26.2 Å². The number of halogens is 1. The summed E-state index contributed by atoms with van der Waals surface area (Å²) in [6.07, 6.45) is 4.47. The number of carbonyl (C=O) groups is 1. The van der Waals surface area contributed by atoms with E-state index in [-0.39, 0.29) is 11.9 Å². The van der Waals surface area contributed by atoms with Crippen molar-refractivity contribution in [3.8, 4) is 0 Å². The van der Waals surface area contributed by atoms with Crippen molar-refractivity contribution in [3.05, 3.63) is 16.9 Å². The van der Waals surface area contributed by atoms with Crippen LogP contribution in [0.15, 0.2) is 16.9 Å². The van der Waals surface area contributed by atoms with Crippen molar-refractivity contribution < 1.29 is 4.79 Å². The lowest BCUT2D eigenvalue weighted by Gasteiger charge is -2.18. The van der Waals surface area contributed by atoms with Gasteiger partial charge in [-0.3, -0.25) is 9.48 Å². The summed E-state index contributed by atoms with van der Waals surface area (Å²) in [6, 6.07) is -0.278. The van der Waals surface area contributed by atoms with Gasteiger partial charge in [-0.2, -0.15) is 5.10 Å². The molecular weight excluding hydrogens is 308 g/mol. The second-order valence-corrected chi connectivity index (χ2v) is 5.40. The minimum Gasteiger partial charge on any atom is -0.354 e. The van der Waals surface area contributed by atoms with Crippen molar-refractivity contribution in [1.29, 1.82) is 0 Å². The van der Waals surface area contributed by atoms with Crippen LogP contribution in [0.3, 0.4) is 0 Å². The molecule has 1 atom stereocenters. The van der Waals surface area contributed by atoms with Crippen LogP contribution >= 0.6 is 15.9 Å². The maximum atomic E-state index is 11.9. The van der Waals surface area contributed by atoms with E-state index < -0.39 is 0 Å². The van der Waals surface area contributed by atoms with E-state index >= 15 is 0 Å². The summed E-state index contributed by atoms with van der Waals surface area (Å²) in [7, 11) is 0. The Morgan fingerprint density at radius 3 is 2.74 bits per heavy atom. The first-order valence-electron chi connectivity index (χ1n) is 6.78. The maximum absolute atomic E-state index is 11.9. The van der Waals surface area contributed by atoms with Crippen LogP contribution in [0.2, 0.25) is 0 Å². The fourth-order valence-corrected chi connectivity index (χ4v) is 2.15. The van der Waals surface area contributed by atoms with Crippen molar-refractivity contribution in [3.63, 3.8) is 0 Å². The Morgan fingerprint density at radius 2 is 2.21 bits per heavy atom. The fraction of sp³-hybridized carbons (Fsp3) is 0.692. The summed E-state index contributed by atoms with van der Waals surface area (Å²) >= 11 is 3.32. The van der Waals surface area contributed by atoms with Crippen LogP contribution in [0.25, 0.3) is 0 Å². The van der Waals surface area contributed by atoms with Gasteiger partial charge in [0.05, 0.1) is 10.7 Å². The molecule has 1 amide bonds. The zero-order valence-electron chi connectivity index (χ0n) is 11.9. The van der Waals surface area contributed by atoms with Crippen LogP contribution < -0.4 is 5.32 Å². The molecule has 0 aliphatic carbocycles. The Kier molecular flexibility index (Phi) is 7.09. The Bertz CT molecular complexity index is 390. The minimum absolute atomic E-state index is 0.00940. The minimum atomic E-state index is -0.278. The topological polar surface area (TPSA) is 50.2 Å². The average Bonchev–Trinajstić information content (AvgIpc) is 2.84. The van der Waals surface area contributed by atoms with Gasteiger partial charge in [0.1, 0.15) is 6.04 Å². The molecule has 0 saturated heterocycles. The number of amides is 1. The molecule has 0 spiro atoms. The normalized spacial score (nSPS) is 12.7. The third-order valence-electron chi connectivity index (χ3n) is 3.19. The number of nitrogens with zero attached hydrogens (tertiary/aromatic N) is 3. The van der Waals surface area contributed by atoms with Gasteiger partial charge in [0.25, 0.3) is 0 Å². The molecule has 6 heteroatoms. The monoisotopic (exact) mass is 330 g/mol. The van der Waals surface area contributed by atoms with Crippen molar-refractivity contribution in [1.82, 2.24) is 20.0 Å². The highest BCUT2D eigenvalue weighted by Gasteiger charge is 2.14. The Labute approximate surface area is 123 Å². The third-order valence-corrected chi connectivity index (χ3v) is 3.60. The lowest BCUT2D eigenvalue weighted by atomic mass is 10.3. The molecule has 0 aliphatic rings. The number of nitrogens with one attached hydrogen (secondary N) is 1. The van der Waals surface area contributed by atoms with Crippen LogP contribution in [-0.4, -0.2) is 46.8 Å². The number of hydrogen-bond donors (Lipinski definition) is 1. The number of hydrogen-bond acceptors (Lipinski definition) is 3. The number of rotatable bonds is 8. The highest BCUT2D eigenvalue weighted by molar-refractivity contribution is 9.10. The van der Waals surface area contributed by atoms with E-state index in [0.717, 1.165) is 30.5 Å².